The number of hydrogen-bond acceptors (Lipinski definition) is 2. The number of halogens is 3. The summed E-state index contributed by atoms with van der Waals surface area (Å²) in [5.41, 5.74) is -1.34. The van der Waals surface area contributed by atoms with Crippen molar-refractivity contribution in [2.45, 2.75) is 24.9 Å². The molecule has 1 saturated heterocycles. The first-order chi connectivity index (χ1) is 7.98. The quantitative estimate of drug-likeness (QED) is 0.794. The molecular formula is C11H13F3N2O. The van der Waals surface area contributed by atoms with Crippen molar-refractivity contribution >= 4 is 0 Å². The van der Waals surface area contributed by atoms with Crippen LogP contribution in [0.5, 0.6) is 0 Å². The highest BCUT2D eigenvalue weighted by Crippen LogP contribution is 2.35. The molecule has 6 heteroatoms. The molecule has 0 amide bonds. The van der Waals surface area contributed by atoms with Crippen molar-refractivity contribution in [3.05, 3.63) is 33.7 Å². The van der Waals surface area contributed by atoms with Crippen LogP contribution >= 0.6 is 0 Å². The van der Waals surface area contributed by atoms with Gasteiger partial charge in [-0.15, -0.1) is 0 Å². The van der Waals surface area contributed by atoms with Crippen molar-refractivity contribution in [3.8, 4) is 0 Å². The van der Waals surface area contributed by atoms with E-state index in [-0.39, 0.29) is 11.5 Å². The van der Waals surface area contributed by atoms with Crippen molar-refractivity contribution in [2.75, 3.05) is 13.1 Å². The Morgan fingerprint density at radius 2 is 2.12 bits per heavy atom. The number of H-pyrrole nitrogens is 1. The lowest BCUT2D eigenvalue weighted by atomic mass is 9.89. The van der Waals surface area contributed by atoms with E-state index in [1.54, 1.807) is 0 Å². The van der Waals surface area contributed by atoms with Crippen molar-refractivity contribution < 1.29 is 13.2 Å². The Kier molecular flexibility index (Phi) is 3.24. The minimum Gasteiger partial charge on any atom is -0.329 e. The molecule has 1 aromatic rings. The van der Waals surface area contributed by atoms with Crippen molar-refractivity contribution in [1.82, 2.24) is 10.3 Å². The Labute approximate surface area is 96.0 Å². The second-order valence-electron chi connectivity index (χ2n) is 4.21. The number of piperidine rings is 1. The fourth-order valence-corrected chi connectivity index (χ4v) is 2.18. The lowest BCUT2D eigenvalue weighted by Gasteiger charge is -2.25. The summed E-state index contributed by atoms with van der Waals surface area (Å²) in [7, 11) is 0. The van der Waals surface area contributed by atoms with Crippen LogP contribution < -0.4 is 10.9 Å². The molecule has 94 valence electrons. The highest BCUT2D eigenvalue weighted by molar-refractivity contribution is 5.30. The Hall–Kier alpha value is -1.30. The van der Waals surface area contributed by atoms with Gasteiger partial charge in [0.05, 0.1) is 5.56 Å². The van der Waals surface area contributed by atoms with E-state index in [1.165, 1.54) is 6.20 Å². The van der Waals surface area contributed by atoms with Gasteiger partial charge in [0.15, 0.2) is 0 Å². The maximum absolute atomic E-state index is 12.8. The Balaban J connectivity index is 2.41. The third-order valence-corrected chi connectivity index (χ3v) is 3.00. The van der Waals surface area contributed by atoms with Gasteiger partial charge in [0.2, 0.25) is 5.56 Å². The van der Waals surface area contributed by atoms with Gasteiger partial charge in [0.25, 0.3) is 0 Å². The van der Waals surface area contributed by atoms with E-state index in [4.69, 9.17) is 0 Å². The van der Waals surface area contributed by atoms with Crippen LogP contribution in [0.4, 0.5) is 13.2 Å². The summed E-state index contributed by atoms with van der Waals surface area (Å²) in [5.74, 6) is -0.183. The molecule has 2 heterocycles. The lowest BCUT2D eigenvalue weighted by Crippen LogP contribution is -2.30. The van der Waals surface area contributed by atoms with E-state index in [1.807, 2.05) is 0 Å². The van der Waals surface area contributed by atoms with E-state index >= 15 is 0 Å². The number of alkyl halides is 3. The zero-order valence-electron chi connectivity index (χ0n) is 9.10. The third-order valence-electron chi connectivity index (χ3n) is 3.00. The number of rotatable bonds is 1. The van der Waals surface area contributed by atoms with E-state index in [0.29, 0.717) is 19.0 Å². The molecule has 1 aliphatic heterocycles. The summed E-state index contributed by atoms with van der Waals surface area (Å²) < 4.78 is 38.4. The minimum absolute atomic E-state index is 0.183. The molecule has 1 aromatic heterocycles. The van der Waals surface area contributed by atoms with Crippen LogP contribution in [-0.4, -0.2) is 18.1 Å². The predicted molar refractivity (Wildman–Crippen MR) is 56.9 cm³/mol. The fraction of sp³-hybridized carbons (Fsp3) is 0.545. The van der Waals surface area contributed by atoms with Crippen molar-refractivity contribution in [1.29, 1.82) is 0 Å². The first-order valence-corrected chi connectivity index (χ1v) is 5.49. The summed E-state index contributed by atoms with van der Waals surface area (Å²) >= 11 is 0. The molecule has 0 bridgehead atoms. The van der Waals surface area contributed by atoms with Crippen LogP contribution in [0, 0.1) is 0 Å². The largest absolute Gasteiger partial charge is 0.416 e. The topological polar surface area (TPSA) is 44.9 Å². The molecule has 2 rings (SSSR count). The highest BCUT2D eigenvalue weighted by atomic mass is 19.4. The molecule has 0 saturated carbocycles. The van der Waals surface area contributed by atoms with Gasteiger partial charge in [-0.1, -0.05) is 0 Å². The van der Waals surface area contributed by atoms with Gasteiger partial charge >= 0.3 is 6.18 Å². The van der Waals surface area contributed by atoms with E-state index in [9.17, 15) is 18.0 Å². The molecule has 0 aliphatic carbocycles. The average Bonchev–Trinajstić information content (AvgIpc) is 2.29. The number of aromatic nitrogens is 1. The van der Waals surface area contributed by atoms with Crippen LogP contribution in [0.15, 0.2) is 17.1 Å². The van der Waals surface area contributed by atoms with Crippen LogP contribution in [-0.2, 0) is 6.18 Å². The van der Waals surface area contributed by atoms with E-state index in [2.05, 4.69) is 10.3 Å². The summed E-state index contributed by atoms with van der Waals surface area (Å²) in [4.78, 5) is 13.3. The average molecular weight is 246 g/mol. The van der Waals surface area contributed by atoms with Gasteiger partial charge in [0, 0.05) is 18.8 Å². The van der Waals surface area contributed by atoms with Crippen molar-refractivity contribution in [3.63, 3.8) is 0 Å². The molecular weight excluding hydrogens is 233 g/mol. The number of pyridine rings is 1. The zero-order chi connectivity index (χ0) is 12.5. The Morgan fingerprint density at radius 3 is 2.71 bits per heavy atom. The maximum atomic E-state index is 12.8. The van der Waals surface area contributed by atoms with Gasteiger partial charge in [0.1, 0.15) is 0 Å². The second kappa shape index (κ2) is 4.52. The zero-order valence-corrected chi connectivity index (χ0v) is 9.10. The molecule has 1 atom stereocenters. The Bertz CT molecular complexity index is 447. The van der Waals surface area contributed by atoms with Gasteiger partial charge in [-0.25, -0.2) is 0 Å². The van der Waals surface area contributed by atoms with Gasteiger partial charge in [-0.2, -0.15) is 13.2 Å². The molecule has 0 aromatic carbocycles. The van der Waals surface area contributed by atoms with E-state index < -0.39 is 17.3 Å². The normalized spacial score (nSPS) is 21.5. The van der Waals surface area contributed by atoms with Gasteiger partial charge < -0.3 is 10.3 Å². The fourth-order valence-electron chi connectivity index (χ4n) is 2.18. The predicted octanol–water partition coefficient (Wildman–Crippen LogP) is 1.86. The molecule has 1 aliphatic rings. The molecule has 2 N–H and O–H groups in total. The maximum Gasteiger partial charge on any atom is 0.416 e. The third kappa shape index (κ3) is 2.69. The summed E-state index contributed by atoms with van der Waals surface area (Å²) in [5, 5.41) is 3.07. The van der Waals surface area contributed by atoms with Crippen LogP contribution in [0.1, 0.15) is 29.9 Å². The number of nitrogens with one attached hydrogen (secondary N) is 2. The smallest absolute Gasteiger partial charge is 0.329 e. The van der Waals surface area contributed by atoms with Crippen molar-refractivity contribution in [2.24, 2.45) is 0 Å². The highest BCUT2D eigenvalue weighted by Gasteiger charge is 2.36. The standard InChI is InChI=1S/C11H13F3N2O/c12-11(13,14)9-4-10(17)16-6-8(9)7-2-1-3-15-5-7/h4,6-7,15H,1-3,5H2,(H,16,17). The summed E-state index contributed by atoms with van der Waals surface area (Å²) in [6.07, 6.45) is -1.72. The first-order valence-electron chi connectivity index (χ1n) is 5.49. The van der Waals surface area contributed by atoms with E-state index in [0.717, 1.165) is 13.0 Å². The summed E-state index contributed by atoms with van der Waals surface area (Å²) in [6, 6.07) is 0.643. The SMILES string of the molecule is O=c1cc(C(F)(F)F)c(C2CCCNC2)c[nH]1. The molecule has 17 heavy (non-hydrogen) atoms. The van der Waals surface area contributed by atoms with Crippen LogP contribution in [0.3, 0.4) is 0 Å². The van der Waals surface area contributed by atoms with Crippen LogP contribution in [0.25, 0.3) is 0 Å². The molecule has 0 spiro atoms. The minimum atomic E-state index is -4.47. The molecule has 3 nitrogen and oxygen atoms in total. The monoisotopic (exact) mass is 246 g/mol. The second-order valence-corrected chi connectivity index (χ2v) is 4.21. The molecule has 1 unspecified atom stereocenters. The summed E-state index contributed by atoms with van der Waals surface area (Å²) in [6.45, 7) is 1.36. The molecule has 0 radical (unpaired) electrons. The van der Waals surface area contributed by atoms with Gasteiger partial charge in [-0.3, -0.25) is 4.79 Å². The number of hydrogen-bond donors (Lipinski definition) is 2. The first kappa shape index (κ1) is 12.2. The molecule has 1 fully saturated rings. The Morgan fingerprint density at radius 1 is 1.35 bits per heavy atom. The van der Waals surface area contributed by atoms with Gasteiger partial charge in [-0.05, 0) is 30.9 Å². The lowest BCUT2D eigenvalue weighted by molar-refractivity contribution is -0.138. The van der Waals surface area contributed by atoms with Crippen LogP contribution in [0.2, 0.25) is 0 Å². The number of aromatic amines is 1.